The zero-order valence-electron chi connectivity index (χ0n) is 26.9. The van der Waals surface area contributed by atoms with Gasteiger partial charge in [-0.05, 0) is 24.3 Å². The van der Waals surface area contributed by atoms with Crippen LogP contribution in [0.15, 0.2) is 146 Å². The van der Waals surface area contributed by atoms with Crippen molar-refractivity contribution in [3.05, 3.63) is 146 Å². The SMILES string of the molecule is c1ccc(-c2nc(-c3ccccc3)nc(-c3cccc(-n4c5ccccc5c5c6sc7ncncc7c6c6sc7ccccc7c6c54)c3)n2)cc1. The Morgan fingerprint density at radius 3 is 1.86 bits per heavy atom. The maximum atomic E-state index is 5.05. The van der Waals surface area contributed by atoms with Gasteiger partial charge in [-0.2, -0.15) is 0 Å². The van der Waals surface area contributed by atoms with Crippen molar-refractivity contribution in [1.82, 2.24) is 29.5 Å². The number of hydrogen-bond acceptors (Lipinski definition) is 7. The Morgan fingerprint density at radius 1 is 0.490 bits per heavy atom. The minimum absolute atomic E-state index is 0.627. The molecule has 0 N–H and O–H groups in total. The van der Waals surface area contributed by atoms with E-state index in [0.717, 1.165) is 38.1 Å². The molecule has 51 heavy (non-hydrogen) atoms. The molecule has 0 fully saturated rings. The monoisotopic (exact) mass is 688 g/mol. The normalized spacial score (nSPS) is 11.9. The second kappa shape index (κ2) is 11.1. The van der Waals surface area contributed by atoms with Crippen molar-refractivity contribution in [2.75, 3.05) is 0 Å². The van der Waals surface area contributed by atoms with E-state index < -0.39 is 0 Å². The molecule has 0 saturated carbocycles. The largest absolute Gasteiger partial charge is 0.308 e. The molecule has 8 heteroatoms. The van der Waals surface area contributed by atoms with Gasteiger partial charge >= 0.3 is 0 Å². The van der Waals surface area contributed by atoms with Crippen LogP contribution in [0.1, 0.15) is 0 Å². The van der Waals surface area contributed by atoms with E-state index in [-0.39, 0.29) is 0 Å². The fraction of sp³-hybridized carbons (Fsp3) is 0. The molecule has 0 bridgehead atoms. The van der Waals surface area contributed by atoms with E-state index >= 15 is 0 Å². The smallest absolute Gasteiger partial charge is 0.164 e. The summed E-state index contributed by atoms with van der Waals surface area (Å²) in [5, 5.41) is 7.29. The van der Waals surface area contributed by atoms with Gasteiger partial charge in [-0.15, -0.1) is 22.7 Å². The first kappa shape index (κ1) is 28.5. The van der Waals surface area contributed by atoms with Crippen LogP contribution < -0.4 is 0 Å². The molecular weight excluding hydrogens is 665 g/mol. The van der Waals surface area contributed by atoms with Gasteiger partial charge in [0.05, 0.1) is 11.0 Å². The standard InChI is InChI=1S/C43H24N6S2/c1-3-12-25(13-4-1)40-46-41(26-14-5-2-6-15-26)48-42(47-40)27-16-11-17-28(22-27)49-32-20-9-7-18-29(32)34-37(49)35-30-19-8-10-21-33(30)50-38(35)36-31-23-44-24-45-43(31)51-39(34)36/h1-24H. The fourth-order valence-corrected chi connectivity index (χ4v) is 9.91. The number of rotatable bonds is 4. The summed E-state index contributed by atoms with van der Waals surface area (Å²) in [6.45, 7) is 0. The van der Waals surface area contributed by atoms with Gasteiger partial charge < -0.3 is 4.57 Å². The number of fused-ring (bicyclic) bond motifs is 12. The molecular formula is C43H24N6S2. The van der Waals surface area contributed by atoms with Crippen LogP contribution in [-0.2, 0) is 0 Å². The summed E-state index contributed by atoms with van der Waals surface area (Å²) in [5.41, 5.74) is 6.18. The summed E-state index contributed by atoms with van der Waals surface area (Å²) in [4.78, 5) is 25.2. The van der Waals surface area contributed by atoms with Crippen molar-refractivity contribution in [2.24, 2.45) is 0 Å². The number of benzene rings is 6. The number of para-hydroxylation sites is 1. The third-order valence-corrected chi connectivity index (χ3v) is 11.9. The minimum atomic E-state index is 0.627. The predicted octanol–water partition coefficient (Wildman–Crippen LogP) is 11.5. The van der Waals surface area contributed by atoms with Gasteiger partial charge in [0, 0.05) is 75.0 Å². The van der Waals surface area contributed by atoms with Crippen LogP contribution in [0.25, 0.3) is 102 Å². The zero-order valence-corrected chi connectivity index (χ0v) is 28.5. The second-order valence-corrected chi connectivity index (χ2v) is 14.6. The van der Waals surface area contributed by atoms with E-state index in [4.69, 9.17) is 19.9 Å². The fourth-order valence-electron chi connectivity index (χ4n) is 7.40. The first-order chi connectivity index (χ1) is 25.3. The van der Waals surface area contributed by atoms with E-state index in [1.807, 2.05) is 78.2 Å². The second-order valence-electron chi connectivity index (χ2n) is 12.5. The highest BCUT2D eigenvalue weighted by atomic mass is 32.1. The molecule has 0 amide bonds. The molecule has 238 valence electrons. The third kappa shape index (κ3) is 4.30. The van der Waals surface area contributed by atoms with Gasteiger partial charge in [-0.25, -0.2) is 24.9 Å². The van der Waals surface area contributed by atoms with Crippen LogP contribution in [0, 0.1) is 0 Å². The lowest BCUT2D eigenvalue weighted by atomic mass is 10.0. The summed E-state index contributed by atoms with van der Waals surface area (Å²) < 4.78 is 6.19. The summed E-state index contributed by atoms with van der Waals surface area (Å²) in [6.07, 6.45) is 3.63. The Labute approximate surface area is 299 Å². The van der Waals surface area contributed by atoms with Crippen molar-refractivity contribution < 1.29 is 0 Å². The van der Waals surface area contributed by atoms with E-state index in [2.05, 4.69) is 82.3 Å². The van der Waals surface area contributed by atoms with Crippen molar-refractivity contribution >= 4 is 85.0 Å². The number of nitrogens with zero attached hydrogens (tertiary/aromatic N) is 6. The van der Waals surface area contributed by atoms with Crippen LogP contribution in [0.3, 0.4) is 0 Å². The number of aromatic nitrogens is 6. The molecule has 0 spiro atoms. The van der Waals surface area contributed by atoms with Crippen molar-refractivity contribution in [2.45, 2.75) is 0 Å². The minimum Gasteiger partial charge on any atom is -0.308 e. The first-order valence-corrected chi connectivity index (χ1v) is 18.3. The van der Waals surface area contributed by atoms with Crippen molar-refractivity contribution in [1.29, 1.82) is 0 Å². The Hall–Kier alpha value is -6.35. The molecule has 6 aromatic carbocycles. The Morgan fingerprint density at radius 2 is 1.10 bits per heavy atom. The van der Waals surface area contributed by atoms with Crippen molar-refractivity contribution in [3.8, 4) is 39.9 Å². The van der Waals surface area contributed by atoms with Gasteiger partial charge in [0.15, 0.2) is 17.5 Å². The maximum Gasteiger partial charge on any atom is 0.164 e. The average Bonchev–Trinajstić information content (AvgIpc) is 3.88. The number of thiophene rings is 2. The summed E-state index contributed by atoms with van der Waals surface area (Å²) in [6, 6.07) is 46.3. The zero-order chi connectivity index (χ0) is 33.5. The van der Waals surface area contributed by atoms with Crippen LogP contribution in [0.2, 0.25) is 0 Å². The molecule has 0 aliphatic heterocycles. The van der Waals surface area contributed by atoms with Gasteiger partial charge in [-0.3, -0.25) is 0 Å². The Balaban J connectivity index is 1.24. The lowest BCUT2D eigenvalue weighted by Gasteiger charge is -2.12. The molecule has 0 unspecified atom stereocenters. The lowest BCUT2D eigenvalue weighted by molar-refractivity contribution is 1.07. The van der Waals surface area contributed by atoms with Gasteiger partial charge in [0.2, 0.25) is 0 Å². The molecule has 0 saturated heterocycles. The van der Waals surface area contributed by atoms with Gasteiger partial charge in [0.1, 0.15) is 11.2 Å². The summed E-state index contributed by atoms with van der Waals surface area (Å²) in [5.74, 6) is 1.91. The molecule has 0 radical (unpaired) electrons. The van der Waals surface area contributed by atoms with Crippen LogP contribution in [-0.4, -0.2) is 29.5 Å². The van der Waals surface area contributed by atoms with Gasteiger partial charge in [0.25, 0.3) is 0 Å². The first-order valence-electron chi connectivity index (χ1n) is 16.7. The average molecular weight is 689 g/mol. The molecule has 0 aliphatic carbocycles. The Kier molecular flexibility index (Phi) is 6.19. The van der Waals surface area contributed by atoms with Crippen LogP contribution in [0.5, 0.6) is 0 Å². The molecule has 5 heterocycles. The quantitative estimate of drug-likeness (QED) is 0.184. The van der Waals surface area contributed by atoms with E-state index in [1.165, 1.54) is 46.5 Å². The van der Waals surface area contributed by atoms with E-state index in [0.29, 0.717) is 17.5 Å². The molecule has 0 atom stereocenters. The maximum absolute atomic E-state index is 5.05. The van der Waals surface area contributed by atoms with Crippen molar-refractivity contribution in [3.63, 3.8) is 0 Å². The van der Waals surface area contributed by atoms with E-state index in [1.54, 1.807) is 17.7 Å². The molecule has 11 aromatic rings. The molecule has 11 rings (SSSR count). The third-order valence-electron chi connectivity index (χ3n) is 9.59. The highest BCUT2D eigenvalue weighted by molar-refractivity contribution is 7.30. The topological polar surface area (TPSA) is 69.4 Å². The predicted molar refractivity (Wildman–Crippen MR) is 212 cm³/mol. The molecule has 6 nitrogen and oxygen atoms in total. The highest BCUT2D eigenvalue weighted by Gasteiger charge is 2.25. The molecule has 0 aliphatic rings. The summed E-state index contributed by atoms with van der Waals surface area (Å²) >= 11 is 3.60. The Bertz CT molecular complexity index is 3060. The van der Waals surface area contributed by atoms with Crippen LogP contribution >= 0.6 is 22.7 Å². The highest BCUT2D eigenvalue weighted by Crippen LogP contribution is 2.51. The van der Waals surface area contributed by atoms with Gasteiger partial charge in [-0.1, -0.05) is 109 Å². The summed E-state index contributed by atoms with van der Waals surface area (Å²) in [7, 11) is 0. The van der Waals surface area contributed by atoms with Crippen LogP contribution in [0.4, 0.5) is 0 Å². The van der Waals surface area contributed by atoms with E-state index in [9.17, 15) is 0 Å². The number of hydrogen-bond donors (Lipinski definition) is 0. The molecule has 5 aromatic heterocycles. The lowest BCUT2D eigenvalue weighted by Crippen LogP contribution is -2.01.